The van der Waals surface area contributed by atoms with Gasteiger partial charge in [-0.15, -0.1) is 0 Å². The maximum Gasteiger partial charge on any atom is -0.00259 e. The van der Waals surface area contributed by atoms with Crippen molar-refractivity contribution >= 4 is 53.9 Å². The molecule has 0 saturated heterocycles. The van der Waals surface area contributed by atoms with E-state index in [-0.39, 0.29) is 0 Å². The molecule has 0 N–H and O–H groups in total. The van der Waals surface area contributed by atoms with E-state index in [0.29, 0.717) is 0 Å². The summed E-state index contributed by atoms with van der Waals surface area (Å²) < 4.78 is 0. The molecule has 0 atom stereocenters. The zero-order valence-corrected chi connectivity index (χ0v) is 24.2. The number of benzene rings is 9. The van der Waals surface area contributed by atoms with Crippen LogP contribution in [0.25, 0.3) is 87.2 Å². The van der Waals surface area contributed by atoms with Crippen LogP contribution in [0.1, 0.15) is 0 Å². The van der Waals surface area contributed by atoms with Crippen LogP contribution >= 0.6 is 0 Å². The largest absolute Gasteiger partial charge is 0.0622 e. The molecule has 204 valence electrons. The van der Waals surface area contributed by atoms with Crippen LogP contribution in [0.15, 0.2) is 170 Å². The molecule has 44 heavy (non-hydrogen) atoms. The van der Waals surface area contributed by atoms with Crippen molar-refractivity contribution in [2.24, 2.45) is 0 Å². The monoisotopic (exact) mass is 556 g/mol. The Morgan fingerprint density at radius 1 is 0.205 bits per heavy atom. The second kappa shape index (κ2) is 9.93. The van der Waals surface area contributed by atoms with E-state index in [0.717, 1.165) is 0 Å². The number of rotatable bonds is 3. The molecule has 0 amide bonds. The summed E-state index contributed by atoms with van der Waals surface area (Å²) in [5.74, 6) is 0. The highest BCUT2D eigenvalue weighted by Crippen LogP contribution is 2.46. The molecule has 9 rings (SSSR count). The van der Waals surface area contributed by atoms with Gasteiger partial charge in [0.25, 0.3) is 0 Å². The van der Waals surface area contributed by atoms with Crippen molar-refractivity contribution < 1.29 is 0 Å². The highest BCUT2D eigenvalue weighted by molar-refractivity contribution is 6.23. The molecule has 0 radical (unpaired) electrons. The normalized spacial score (nSPS) is 11.6. The van der Waals surface area contributed by atoms with Crippen LogP contribution in [0.3, 0.4) is 0 Å². The summed E-state index contributed by atoms with van der Waals surface area (Å²) in [5, 5.41) is 12.7. The van der Waals surface area contributed by atoms with Gasteiger partial charge in [-0.1, -0.05) is 152 Å². The summed E-state index contributed by atoms with van der Waals surface area (Å²) in [6, 6.07) is 62.4. The van der Waals surface area contributed by atoms with Crippen molar-refractivity contribution in [2.75, 3.05) is 0 Å². The fourth-order valence-corrected chi connectivity index (χ4v) is 7.12. The molecule has 0 aliphatic rings. The van der Waals surface area contributed by atoms with Crippen molar-refractivity contribution in [2.45, 2.75) is 0 Å². The van der Waals surface area contributed by atoms with Gasteiger partial charge in [-0.25, -0.2) is 0 Å². The first-order valence-electron chi connectivity index (χ1n) is 15.3. The molecule has 0 spiro atoms. The predicted octanol–water partition coefficient (Wildman–Crippen LogP) is 12.5. The van der Waals surface area contributed by atoms with Crippen molar-refractivity contribution in [1.29, 1.82) is 0 Å². The third-order valence-corrected chi connectivity index (χ3v) is 9.20. The summed E-state index contributed by atoms with van der Waals surface area (Å²) >= 11 is 0. The molecule has 0 aliphatic carbocycles. The van der Waals surface area contributed by atoms with E-state index < -0.39 is 0 Å². The van der Waals surface area contributed by atoms with Crippen molar-refractivity contribution in [3.8, 4) is 33.4 Å². The second-order valence-corrected chi connectivity index (χ2v) is 11.7. The standard InChI is InChI=1S/C44H28/c1-2-10-29(11-3-1)33-22-25-41-42(28-33)44(35-21-18-30-12-4-5-14-32(30)26-35)40-17-9-8-16-39(40)43(41)36-23-24-38-34(27-36)20-19-31-13-6-7-15-37(31)38/h1-28H. The van der Waals surface area contributed by atoms with Crippen LogP contribution in [-0.2, 0) is 0 Å². The van der Waals surface area contributed by atoms with Crippen LogP contribution in [-0.4, -0.2) is 0 Å². The Kier molecular flexibility index (Phi) is 5.61. The molecule has 0 nitrogen and oxygen atoms in total. The van der Waals surface area contributed by atoms with Crippen LogP contribution in [0.5, 0.6) is 0 Å². The second-order valence-electron chi connectivity index (χ2n) is 11.7. The quantitative estimate of drug-likeness (QED) is 0.150. The lowest BCUT2D eigenvalue weighted by Gasteiger charge is -2.19. The Morgan fingerprint density at radius 2 is 0.682 bits per heavy atom. The third kappa shape index (κ3) is 3.92. The van der Waals surface area contributed by atoms with Gasteiger partial charge >= 0.3 is 0 Å². The summed E-state index contributed by atoms with van der Waals surface area (Å²) in [4.78, 5) is 0. The summed E-state index contributed by atoms with van der Waals surface area (Å²) in [5.41, 5.74) is 7.51. The maximum absolute atomic E-state index is 2.40. The predicted molar refractivity (Wildman–Crippen MR) is 190 cm³/mol. The summed E-state index contributed by atoms with van der Waals surface area (Å²) in [7, 11) is 0. The molecular weight excluding hydrogens is 528 g/mol. The fourth-order valence-electron chi connectivity index (χ4n) is 7.12. The van der Waals surface area contributed by atoms with Gasteiger partial charge in [-0.2, -0.15) is 0 Å². The Balaban J connectivity index is 1.39. The zero-order valence-electron chi connectivity index (χ0n) is 24.2. The molecule has 0 heteroatoms. The van der Waals surface area contributed by atoms with E-state index in [1.165, 1.54) is 87.2 Å². The van der Waals surface area contributed by atoms with Crippen molar-refractivity contribution in [3.63, 3.8) is 0 Å². The Hall–Kier alpha value is -5.72. The van der Waals surface area contributed by atoms with Crippen LogP contribution < -0.4 is 0 Å². The van der Waals surface area contributed by atoms with E-state index in [1.807, 2.05) is 0 Å². The molecule has 0 aromatic heterocycles. The number of fused-ring (bicyclic) bond motifs is 6. The smallest absolute Gasteiger partial charge is 0.00259 e. The highest BCUT2D eigenvalue weighted by Gasteiger charge is 2.18. The minimum atomic E-state index is 1.23. The molecular formula is C44H28. The lowest BCUT2D eigenvalue weighted by molar-refractivity contribution is 1.64. The van der Waals surface area contributed by atoms with Crippen molar-refractivity contribution in [3.05, 3.63) is 170 Å². The van der Waals surface area contributed by atoms with E-state index >= 15 is 0 Å². The topological polar surface area (TPSA) is 0 Å². The summed E-state index contributed by atoms with van der Waals surface area (Å²) in [6.07, 6.45) is 0. The molecule has 0 fully saturated rings. The Morgan fingerprint density at radius 3 is 1.48 bits per heavy atom. The fraction of sp³-hybridized carbons (Fsp3) is 0. The van der Waals surface area contributed by atoms with Gasteiger partial charge in [0.15, 0.2) is 0 Å². The molecule has 0 saturated carbocycles. The number of hydrogen-bond donors (Lipinski definition) is 0. The average molecular weight is 557 g/mol. The molecule has 9 aromatic rings. The van der Waals surface area contributed by atoms with E-state index in [2.05, 4.69) is 170 Å². The van der Waals surface area contributed by atoms with Gasteiger partial charge in [-0.3, -0.25) is 0 Å². The SMILES string of the molecule is c1ccc(-c2ccc3c(-c4ccc5c(ccc6ccccc65)c4)c4ccccc4c(-c4ccc5ccccc5c4)c3c2)cc1. The Bertz CT molecular complexity index is 2540. The van der Waals surface area contributed by atoms with E-state index in [1.54, 1.807) is 0 Å². The molecule has 0 aliphatic heterocycles. The average Bonchev–Trinajstić information content (AvgIpc) is 3.10. The van der Waals surface area contributed by atoms with Crippen LogP contribution in [0, 0.1) is 0 Å². The van der Waals surface area contributed by atoms with Gasteiger partial charge in [-0.05, 0) is 105 Å². The third-order valence-electron chi connectivity index (χ3n) is 9.20. The Labute approximate surface area is 256 Å². The van der Waals surface area contributed by atoms with E-state index in [4.69, 9.17) is 0 Å². The lowest BCUT2D eigenvalue weighted by atomic mass is 9.84. The lowest BCUT2D eigenvalue weighted by Crippen LogP contribution is -1.92. The van der Waals surface area contributed by atoms with Gasteiger partial charge in [0.1, 0.15) is 0 Å². The molecule has 9 aromatic carbocycles. The summed E-state index contributed by atoms with van der Waals surface area (Å²) in [6.45, 7) is 0. The van der Waals surface area contributed by atoms with Gasteiger partial charge < -0.3 is 0 Å². The van der Waals surface area contributed by atoms with Gasteiger partial charge in [0.2, 0.25) is 0 Å². The zero-order chi connectivity index (χ0) is 29.0. The highest BCUT2D eigenvalue weighted by atomic mass is 14.2. The first kappa shape index (κ1) is 24.8. The molecule has 0 bridgehead atoms. The first-order chi connectivity index (χ1) is 21.8. The van der Waals surface area contributed by atoms with Crippen LogP contribution in [0.4, 0.5) is 0 Å². The molecule has 0 heterocycles. The van der Waals surface area contributed by atoms with Gasteiger partial charge in [0, 0.05) is 0 Å². The van der Waals surface area contributed by atoms with Gasteiger partial charge in [0.05, 0.1) is 0 Å². The maximum atomic E-state index is 2.40. The van der Waals surface area contributed by atoms with E-state index in [9.17, 15) is 0 Å². The first-order valence-corrected chi connectivity index (χ1v) is 15.3. The minimum absolute atomic E-state index is 1.23. The van der Waals surface area contributed by atoms with Crippen molar-refractivity contribution in [1.82, 2.24) is 0 Å². The van der Waals surface area contributed by atoms with Crippen LogP contribution in [0.2, 0.25) is 0 Å². The number of hydrogen-bond acceptors (Lipinski definition) is 0. The minimum Gasteiger partial charge on any atom is -0.0622 e. The molecule has 0 unspecified atom stereocenters.